The number of aryl methyl sites for hydroxylation is 1. The largest absolute Gasteiger partial charge is 0.378 e. The zero-order valence-electron chi connectivity index (χ0n) is 18.8. The van der Waals surface area contributed by atoms with Crippen molar-refractivity contribution in [1.82, 2.24) is 4.98 Å². The van der Waals surface area contributed by atoms with Crippen molar-refractivity contribution in [2.45, 2.75) is 33.1 Å². The average Bonchev–Trinajstić information content (AvgIpc) is 2.74. The maximum absolute atomic E-state index is 14.3. The zero-order chi connectivity index (χ0) is 22.7. The molecule has 0 radical (unpaired) electrons. The van der Waals surface area contributed by atoms with Crippen LogP contribution in [0.4, 0.5) is 15.8 Å². The molecule has 1 saturated carbocycles. The molecule has 5 nitrogen and oxygen atoms in total. The van der Waals surface area contributed by atoms with Crippen molar-refractivity contribution >= 4 is 22.9 Å². The molecule has 0 atom stereocenters. The summed E-state index contributed by atoms with van der Waals surface area (Å²) < 4.78 is 19.6. The third-order valence-electron chi connectivity index (χ3n) is 6.36. The van der Waals surface area contributed by atoms with Crippen molar-refractivity contribution in [1.29, 1.82) is 0 Å². The summed E-state index contributed by atoms with van der Waals surface area (Å²) in [7, 11) is 0. The van der Waals surface area contributed by atoms with Gasteiger partial charge in [-0.05, 0) is 62.4 Å². The van der Waals surface area contributed by atoms with Gasteiger partial charge in [-0.2, -0.15) is 0 Å². The molecule has 32 heavy (non-hydrogen) atoms. The van der Waals surface area contributed by atoms with Gasteiger partial charge in [-0.15, -0.1) is 0 Å². The first kappa shape index (κ1) is 22.2. The van der Waals surface area contributed by atoms with Gasteiger partial charge in [0.2, 0.25) is 0 Å². The van der Waals surface area contributed by atoms with Crippen LogP contribution in [0.2, 0.25) is 0 Å². The maximum atomic E-state index is 14.3. The number of benzene rings is 1. The van der Waals surface area contributed by atoms with Crippen molar-refractivity contribution in [2.24, 2.45) is 5.92 Å². The maximum Gasteiger partial charge on any atom is 0.255 e. The number of ether oxygens (including phenoxy) is 1. The molecule has 0 unspecified atom stereocenters. The first-order chi connectivity index (χ1) is 15.4. The summed E-state index contributed by atoms with van der Waals surface area (Å²) in [4.78, 5) is 19.4. The van der Waals surface area contributed by atoms with E-state index in [1.807, 2.05) is 17.9 Å². The van der Waals surface area contributed by atoms with E-state index < -0.39 is 5.82 Å². The van der Waals surface area contributed by atoms with Crippen LogP contribution in [0.25, 0.3) is 5.57 Å². The van der Waals surface area contributed by atoms with E-state index in [9.17, 15) is 9.18 Å². The zero-order valence-corrected chi connectivity index (χ0v) is 18.8. The average molecular weight is 436 g/mol. The topological polar surface area (TPSA) is 54.5 Å². The van der Waals surface area contributed by atoms with Gasteiger partial charge in [-0.1, -0.05) is 24.6 Å². The van der Waals surface area contributed by atoms with Crippen LogP contribution < -0.4 is 10.2 Å². The number of aromatic nitrogens is 1. The first-order valence-electron chi connectivity index (χ1n) is 11.2. The monoisotopic (exact) mass is 435 g/mol. The summed E-state index contributed by atoms with van der Waals surface area (Å²) in [5.41, 5.74) is 5.49. The number of hydrogen-bond donors (Lipinski definition) is 1. The molecular formula is C26H30FN3O2. The molecule has 1 aliphatic heterocycles. The summed E-state index contributed by atoms with van der Waals surface area (Å²) in [6.45, 7) is 10.8. The number of carbonyl (C=O) groups excluding carboxylic acids is 1. The molecule has 1 N–H and O–H groups in total. The molecule has 6 heteroatoms. The molecule has 0 spiro atoms. The summed E-state index contributed by atoms with van der Waals surface area (Å²) in [6.07, 6.45) is 7.51. The highest BCUT2D eigenvalue weighted by atomic mass is 19.1. The lowest BCUT2D eigenvalue weighted by molar-refractivity contribution is 0.102. The van der Waals surface area contributed by atoms with Gasteiger partial charge < -0.3 is 15.0 Å². The molecule has 2 heterocycles. The Morgan fingerprint density at radius 2 is 2.00 bits per heavy atom. The number of morpholine rings is 1. The Hall–Kier alpha value is -2.99. The standard InChI is InChI=1S/C26H30FN3O2/c1-17(20-5-4-6-20)11-18(2)25-15-23(16-28-19(25)3)29-26(31)21-12-22(27)14-24(13-21)30-7-9-32-10-8-30/h11-16,20H,2,4-10H2,1,3H3,(H,29,31)/b17-11-. The quantitative estimate of drug-likeness (QED) is 0.619. The summed E-state index contributed by atoms with van der Waals surface area (Å²) in [5.74, 6) is -0.161. The van der Waals surface area contributed by atoms with Gasteiger partial charge in [-0.25, -0.2) is 4.39 Å². The molecule has 168 valence electrons. The Balaban J connectivity index is 1.51. The van der Waals surface area contributed by atoms with Gasteiger partial charge >= 0.3 is 0 Å². The number of anilines is 2. The van der Waals surface area contributed by atoms with Gasteiger partial charge in [0.15, 0.2) is 0 Å². The molecular weight excluding hydrogens is 405 g/mol. The number of carbonyl (C=O) groups is 1. The van der Waals surface area contributed by atoms with E-state index in [1.54, 1.807) is 12.3 Å². The van der Waals surface area contributed by atoms with E-state index in [4.69, 9.17) is 4.74 Å². The number of amides is 1. The van der Waals surface area contributed by atoms with Crippen molar-refractivity contribution < 1.29 is 13.9 Å². The predicted molar refractivity (Wildman–Crippen MR) is 126 cm³/mol. The normalized spacial score (nSPS) is 17.1. The molecule has 1 aromatic carbocycles. The van der Waals surface area contributed by atoms with Crippen LogP contribution in [0.3, 0.4) is 0 Å². The Morgan fingerprint density at radius 3 is 2.69 bits per heavy atom. The van der Waals surface area contributed by atoms with Crippen LogP contribution in [-0.4, -0.2) is 37.2 Å². The Morgan fingerprint density at radius 1 is 1.25 bits per heavy atom. The Kier molecular flexibility index (Phi) is 6.70. The molecule has 1 aromatic heterocycles. The van der Waals surface area contributed by atoms with Crippen LogP contribution in [0.1, 0.15) is 47.8 Å². The molecule has 2 aromatic rings. The highest BCUT2D eigenvalue weighted by molar-refractivity contribution is 6.05. The number of halogens is 1. The first-order valence-corrected chi connectivity index (χ1v) is 11.2. The highest BCUT2D eigenvalue weighted by Crippen LogP contribution is 2.34. The number of hydrogen-bond acceptors (Lipinski definition) is 4. The van der Waals surface area contributed by atoms with Gasteiger partial charge in [0.05, 0.1) is 25.1 Å². The Bertz CT molecular complexity index is 1050. The smallest absolute Gasteiger partial charge is 0.255 e. The van der Waals surface area contributed by atoms with E-state index in [0.29, 0.717) is 43.6 Å². The predicted octanol–water partition coefficient (Wildman–Crippen LogP) is 5.38. The number of rotatable bonds is 6. The van der Waals surface area contributed by atoms with E-state index in [-0.39, 0.29) is 11.5 Å². The summed E-state index contributed by atoms with van der Waals surface area (Å²) in [5, 5.41) is 2.86. The van der Waals surface area contributed by atoms with Gasteiger partial charge in [0.25, 0.3) is 5.91 Å². The van der Waals surface area contributed by atoms with E-state index >= 15 is 0 Å². The third-order valence-corrected chi connectivity index (χ3v) is 6.36. The number of nitrogens with one attached hydrogen (secondary N) is 1. The fourth-order valence-electron chi connectivity index (χ4n) is 4.17. The number of pyridine rings is 1. The Labute approximate surface area is 189 Å². The molecule has 2 fully saturated rings. The van der Waals surface area contributed by atoms with Crippen LogP contribution in [0.15, 0.2) is 48.7 Å². The molecule has 4 rings (SSSR count). The van der Waals surface area contributed by atoms with Gasteiger partial charge in [-0.3, -0.25) is 9.78 Å². The van der Waals surface area contributed by atoms with Crippen molar-refractivity contribution in [2.75, 3.05) is 36.5 Å². The summed E-state index contributed by atoms with van der Waals surface area (Å²) >= 11 is 0. The minimum atomic E-state index is -0.438. The van der Waals surface area contributed by atoms with E-state index in [1.165, 1.54) is 37.0 Å². The minimum Gasteiger partial charge on any atom is -0.378 e. The molecule has 2 aliphatic rings. The van der Waals surface area contributed by atoms with Crippen LogP contribution in [0.5, 0.6) is 0 Å². The number of nitrogens with zero attached hydrogens (tertiary/aromatic N) is 2. The van der Waals surface area contributed by atoms with E-state index in [0.717, 1.165) is 16.8 Å². The number of allylic oxidation sites excluding steroid dienone is 3. The fourth-order valence-corrected chi connectivity index (χ4v) is 4.17. The van der Waals surface area contributed by atoms with Gasteiger partial charge in [0, 0.05) is 35.6 Å². The molecule has 1 amide bonds. The van der Waals surface area contributed by atoms with Crippen LogP contribution in [0, 0.1) is 18.7 Å². The minimum absolute atomic E-state index is 0.271. The van der Waals surface area contributed by atoms with Crippen molar-refractivity contribution in [3.63, 3.8) is 0 Å². The fraction of sp³-hybridized carbons (Fsp3) is 0.385. The van der Waals surface area contributed by atoms with Crippen molar-refractivity contribution in [3.8, 4) is 0 Å². The van der Waals surface area contributed by atoms with E-state index in [2.05, 4.69) is 29.9 Å². The second-order valence-electron chi connectivity index (χ2n) is 8.65. The SMILES string of the molecule is C=C(/C=C(/C)C1CCC1)c1cc(NC(=O)c2cc(F)cc(N3CCOCC3)c2)cnc1C. The molecule has 1 saturated heterocycles. The molecule has 0 bridgehead atoms. The highest BCUT2D eigenvalue weighted by Gasteiger charge is 2.19. The second-order valence-corrected chi connectivity index (χ2v) is 8.65. The van der Waals surface area contributed by atoms with Crippen molar-refractivity contribution in [3.05, 3.63) is 71.3 Å². The summed E-state index contributed by atoms with van der Waals surface area (Å²) in [6, 6.07) is 6.31. The van der Waals surface area contributed by atoms with Gasteiger partial charge in [0.1, 0.15) is 5.82 Å². The lowest BCUT2D eigenvalue weighted by Crippen LogP contribution is -2.36. The third kappa shape index (κ3) is 5.07. The van der Waals surface area contributed by atoms with Crippen LogP contribution in [-0.2, 0) is 4.74 Å². The van der Waals surface area contributed by atoms with Crippen LogP contribution >= 0.6 is 0 Å². The lowest BCUT2D eigenvalue weighted by Gasteiger charge is -2.29. The molecule has 1 aliphatic carbocycles. The second kappa shape index (κ2) is 9.65. The lowest BCUT2D eigenvalue weighted by atomic mass is 9.79.